The summed E-state index contributed by atoms with van der Waals surface area (Å²) in [6.07, 6.45) is 0. The van der Waals surface area contributed by atoms with E-state index in [1.54, 1.807) is 11.4 Å². The molecule has 13 heavy (non-hydrogen) atoms. The highest BCUT2D eigenvalue weighted by molar-refractivity contribution is 7.20. The molecule has 5 heteroatoms. The molecule has 0 radical (unpaired) electrons. The van der Waals surface area contributed by atoms with Crippen LogP contribution < -0.4 is 0 Å². The van der Waals surface area contributed by atoms with Crippen molar-refractivity contribution in [1.82, 2.24) is 0 Å². The van der Waals surface area contributed by atoms with Crippen LogP contribution in [0.1, 0.15) is 0 Å². The Kier molecular flexibility index (Phi) is 2.12. The molecule has 0 N–H and O–H groups in total. The largest absolute Gasteiger partial charge is 0.288 e. The van der Waals surface area contributed by atoms with E-state index in [4.69, 9.17) is 0 Å². The van der Waals surface area contributed by atoms with Gasteiger partial charge in [-0.05, 0) is 16.8 Å². The predicted molar refractivity (Wildman–Crippen MR) is 54.3 cm³/mol. The predicted octanol–water partition coefficient (Wildman–Crippen LogP) is 3.38. The highest BCUT2D eigenvalue weighted by Crippen LogP contribution is 2.37. The zero-order valence-corrected chi connectivity index (χ0v) is 8.10. The SMILES string of the molecule is O=[N+]([O-])c1ccsc1-c1cccs1. The van der Waals surface area contributed by atoms with Crippen LogP contribution >= 0.6 is 22.7 Å². The van der Waals surface area contributed by atoms with E-state index in [0.29, 0.717) is 0 Å². The van der Waals surface area contributed by atoms with Gasteiger partial charge >= 0.3 is 0 Å². The van der Waals surface area contributed by atoms with Crippen molar-refractivity contribution in [2.45, 2.75) is 0 Å². The highest BCUT2D eigenvalue weighted by atomic mass is 32.1. The second kappa shape index (κ2) is 3.27. The van der Waals surface area contributed by atoms with E-state index in [1.807, 2.05) is 17.5 Å². The third-order valence-corrected chi connectivity index (χ3v) is 3.54. The monoisotopic (exact) mass is 211 g/mol. The minimum Gasteiger partial charge on any atom is -0.258 e. The number of thiophene rings is 2. The molecule has 0 saturated carbocycles. The molecular formula is C8H5NO2S2. The first-order valence-corrected chi connectivity index (χ1v) is 5.31. The van der Waals surface area contributed by atoms with Gasteiger partial charge in [-0.3, -0.25) is 10.1 Å². The molecule has 2 heterocycles. The molecular weight excluding hydrogens is 206 g/mol. The van der Waals surface area contributed by atoms with Crippen molar-refractivity contribution >= 4 is 28.4 Å². The van der Waals surface area contributed by atoms with Gasteiger partial charge in [0.2, 0.25) is 0 Å². The summed E-state index contributed by atoms with van der Waals surface area (Å²) in [4.78, 5) is 12.0. The fourth-order valence-electron chi connectivity index (χ4n) is 1.04. The molecule has 3 nitrogen and oxygen atoms in total. The quantitative estimate of drug-likeness (QED) is 0.564. The van der Waals surface area contributed by atoms with Crippen molar-refractivity contribution < 1.29 is 4.92 Å². The van der Waals surface area contributed by atoms with Gasteiger partial charge in [-0.2, -0.15) is 0 Å². The molecule has 0 aliphatic rings. The summed E-state index contributed by atoms with van der Waals surface area (Å²) in [6.45, 7) is 0. The lowest BCUT2D eigenvalue weighted by Gasteiger charge is -1.90. The number of rotatable bonds is 2. The van der Waals surface area contributed by atoms with E-state index in [0.717, 1.165) is 9.75 Å². The first-order valence-electron chi connectivity index (χ1n) is 3.55. The fourth-order valence-corrected chi connectivity index (χ4v) is 2.78. The first kappa shape index (κ1) is 8.40. The van der Waals surface area contributed by atoms with Gasteiger partial charge in [-0.25, -0.2) is 0 Å². The Morgan fingerprint density at radius 2 is 2.08 bits per heavy atom. The van der Waals surface area contributed by atoms with Crippen molar-refractivity contribution in [2.75, 3.05) is 0 Å². The summed E-state index contributed by atoms with van der Waals surface area (Å²) in [7, 11) is 0. The third-order valence-electron chi connectivity index (χ3n) is 1.59. The van der Waals surface area contributed by atoms with E-state index in [-0.39, 0.29) is 10.6 Å². The fraction of sp³-hybridized carbons (Fsp3) is 0. The van der Waals surface area contributed by atoms with Crippen molar-refractivity contribution in [1.29, 1.82) is 0 Å². The van der Waals surface area contributed by atoms with Crippen molar-refractivity contribution in [3.63, 3.8) is 0 Å². The van der Waals surface area contributed by atoms with Gasteiger partial charge in [0, 0.05) is 6.07 Å². The van der Waals surface area contributed by atoms with Crippen molar-refractivity contribution in [3.05, 3.63) is 39.1 Å². The van der Waals surface area contributed by atoms with E-state index in [2.05, 4.69) is 0 Å². The molecule has 0 aliphatic heterocycles. The molecule has 0 atom stereocenters. The maximum Gasteiger partial charge on any atom is 0.288 e. The Hall–Kier alpha value is -1.20. The van der Waals surface area contributed by atoms with Gasteiger partial charge in [0.05, 0.1) is 9.80 Å². The molecule has 0 unspecified atom stereocenters. The van der Waals surface area contributed by atoms with Gasteiger partial charge in [-0.1, -0.05) is 6.07 Å². The van der Waals surface area contributed by atoms with E-state index < -0.39 is 0 Å². The minimum atomic E-state index is -0.342. The van der Waals surface area contributed by atoms with E-state index in [1.165, 1.54) is 22.7 Å². The number of hydrogen-bond acceptors (Lipinski definition) is 4. The molecule has 66 valence electrons. The molecule has 0 fully saturated rings. The highest BCUT2D eigenvalue weighted by Gasteiger charge is 2.16. The molecule has 2 aromatic rings. The summed E-state index contributed by atoms with van der Waals surface area (Å²) in [5.41, 5.74) is 0.201. The number of hydrogen-bond donors (Lipinski definition) is 0. The standard InChI is InChI=1S/C8H5NO2S2/c10-9(11)6-3-5-13-8(6)7-2-1-4-12-7/h1-5H. The smallest absolute Gasteiger partial charge is 0.258 e. The van der Waals surface area contributed by atoms with Gasteiger partial charge in [-0.15, -0.1) is 22.7 Å². The second-order valence-electron chi connectivity index (χ2n) is 2.37. The van der Waals surface area contributed by atoms with Crippen LogP contribution in [0.2, 0.25) is 0 Å². The Balaban J connectivity index is 2.52. The summed E-state index contributed by atoms with van der Waals surface area (Å²) in [6, 6.07) is 5.33. The minimum absolute atomic E-state index is 0.201. The zero-order valence-electron chi connectivity index (χ0n) is 6.47. The lowest BCUT2D eigenvalue weighted by molar-refractivity contribution is -0.383. The second-order valence-corrected chi connectivity index (χ2v) is 4.23. The van der Waals surface area contributed by atoms with Gasteiger partial charge in [0.15, 0.2) is 0 Å². The Morgan fingerprint density at radius 3 is 2.69 bits per heavy atom. The molecule has 2 rings (SSSR count). The molecule has 0 aromatic carbocycles. The maximum atomic E-state index is 10.6. The average Bonchev–Trinajstić information content (AvgIpc) is 2.74. The van der Waals surface area contributed by atoms with Crippen LogP contribution in [0.4, 0.5) is 5.69 Å². The zero-order chi connectivity index (χ0) is 9.26. The normalized spacial score (nSPS) is 10.2. The van der Waals surface area contributed by atoms with Crippen LogP contribution in [0.3, 0.4) is 0 Å². The van der Waals surface area contributed by atoms with E-state index >= 15 is 0 Å². The summed E-state index contributed by atoms with van der Waals surface area (Å²) < 4.78 is 0. The molecule has 0 bridgehead atoms. The average molecular weight is 211 g/mol. The number of nitrogens with zero attached hydrogens (tertiary/aromatic N) is 1. The van der Waals surface area contributed by atoms with Gasteiger partial charge in [0.1, 0.15) is 4.88 Å². The van der Waals surface area contributed by atoms with Crippen LogP contribution in [0.5, 0.6) is 0 Å². The Bertz CT molecular complexity index is 419. The first-order chi connectivity index (χ1) is 6.29. The molecule has 0 spiro atoms. The molecule has 0 aliphatic carbocycles. The number of nitro groups is 1. The van der Waals surface area contributed by atoms with Crippen LogP contribution in [0, 0.1) is 10.1 Å². The summed E-state index contributed by atoms with van der Waals surface area (Å²) >= 11 is 2.92. The topological polar surface area (TPSA) is 43.1 Å². The Labute approximate surface area is 82.4 Å². The van der Waals surface area contributed by atoms with Crippen LogP contribution in [-0.4, -0.2) is 4.92 Å². The van der Waals surface area contributed by atoms with Crippen molar-refractivity contribution in [2.24, 2.45) is 0 Å². The summed E-state index contributed by atoms with van der Waals surface area (Å²) in [5.74, 6) is 0. The lowest BCUT2D eigenvalue weighted by Crippen LogP contribution is -1.85. The van der Waals surface area contributed by atoms with Gasteiger partial charge in [0.25, 0.3) is 5.69 Å². The van der Waals surface area contributed by atoms with Crippen molar-refractivity contribution in [3.8, 4) is 9.75 Å². The van der Waals surface area contributed by atoms with E-state index in [9.17, 15) is 10.1 Å². The Morgan fingerprint density at radius 1 is 1.23 bits per heavy atom. The maximum absolute atomic E-state index is 10.6. The van der Waals surface area contributed by atoms with Crippen LogP contribution in [0.15, 0.2) is 29.0 Å². The van der Waals surface area contributed by atoms with Crippen LogP contribution in [-0.2, 0) is 0 Å². The molecule has 0 saturated heterocycles. The lowest BCUT2D eigenvalue weighted by atomic mass is 10.3. The summed E-state index contributed by atoms with van der Waals surface area (Å²) in [5, 5.41) is 14.3. The van der Waals surface area contributed by atoms with Crippen LogP contribution in [0.25, 0.3) is 9.75 Å². The third kappa shape index (κ3) is 1.48. The molecule has 2 aromatic heterocycles. The van der Waals surface area contributed by atoms with Gasteiger partial charge < -0.3 is 0 Å². The molecule has 0 amide bonds.